The second kappa shape index (κ2) is 12.9. The van der Waals surface area contributed by atoms with Crippen LogP contribution in [0.4, 0.5) is 21.2 Å². The summed E-state index contributed by atoms with van der Waals surface area (Å²) in [5, 5.41) is 0. The van der Waals surface area contributed by atoms with Crippen LogP contribution in [0.15, 0.2) is 12.7 Å². The lowest BCUT2D eigenvalue weighted by Gasteiger charge is -2.28. The fraction of sp³-hybridized carbons (Fsp3) is 0.583. The number of nitrogens with zero attached hydrogens (tertiary/aromatic N) is 5. The Morgan fingerprint density at radius 2 is 1.18 bits per heavy atom. The van der Waals surface area contributed by atoms with Crippen molar-refractivity contribution in [3.8, 4) is 0 Å². The minimum atomic E-state index is -0.985. The van der Waals surface area contributed by atoms with E-state index in [1.165, 1.54) is 24.3 Å². The molecule has 0 radical (unpaired) electrons. The Hall–Kier alpha value is -4.10. The van der Waals surface area contributed by atoms with Gasteiger partial charge in [-0.15, -0.1) is 0 Å². The molecule has 0 atom stereocenters. The lowest BCUT2D eigenvalue weighted by Crippen LogP contribution is -2.45. The van der Waals surface area contributed by atoms with Crippen molar-refractivity contribution in [2.45, 2.75) is 66.6 Å². The lowest BCUT2D eigenvalue weighted by molar-refractivity contribution is 0.0424. The third-order valence-corrected chi connectivity index (χ3v) is 4.19. The molecule has 0 bridgehead atoms. The van der Waals surface area contributed by atoms with E-state index in [4.69, 9.17) is 24.7 Å². The van der Waals surface area contributed by atoms with E-state index >= 15 is 0 Å². The molecule has 0 saturated carbocycles. The van der Waals surface area contributed by atoms with Crippen LogP contribution in [-0.4, -0.2) is 67.6 Å². The molecule has 2 heterocycles. The zero-order chi connectivity index (χ0) is 29.4. The summed E-state index contributed by atoms with van der Waals surface area (Å²) in [4.78, 5) is 57.0. The van der Waals surface area contributed by atoms with Gasteiger partial charge < -0.3 is 33.8 Å². The molecule has 0 spiro atoms. The van der Waals surface area contributed by atoms with Crippen LogP contribution in [-0.2, 0) is 33.0 Å². The third kappa shape index (κ3) is 9.09. The van der Waals surface area contributed by atoms with Gasteiger partial charge in [-0.1, -0.05) is 0 Å². The number of esters is 2. The standard InChI is InChI=1S/C17H27N3O6.C7H11N3O2/c1-9-24-13(21)11-12(19(8)10-18-11)20(14(22)25-16(2,3)4)15(23)26-17(5,6)7;1-3-12-7(11)5-6(8)10(2)4-9-5/h10H,9H2,1-8H3;4H,3,8H2,1-2H3. The Morgan fingerprint density at radius 3 is 1.55 bits per heavy atom. The molecule has 0 fully saturated rings. The molecule has 14 heteroatoms. The first-order valence-electron chi connectivity index (χ1n) is 11.8. The highest BCUT2D eigenvalue weighted by Crippen LogP contribution is 2.25. The molecule has 0 aliphatic carbocycles. The highest BCUT2D eigenvalue weighted by atomic mass is 16.6. The van der Waals surface area contributed by atoms with E-state index in [0.717, 1.165) is 0 Å². The van der Waals surface area contributed by atoms with Gasteiger partial charge in [0.15, 0.2) is 17.2 Å². The highest BCUT2D eigenvalue weighted by Gasteiger charge is 2.37. The Balaban J connectivity index is 0.000000499. The van der Waals surface area contributed by atoms with Gasteiger partial charge in [-0.2, -0.15) is 4.90 Å². The van der Waals surface area contributed by atoms with Crippen LogP contribution in [0.5, 0.6) is 0 Å². The normalized spacial score (nSPS) is 11.1. The van der Waals surface area contributed by atoms with Gasteiger partial charge >= 0.3 is 24.1 Å². The fourth-order valence-electron chi connectivity index (χ4n) is 2.69. The summed E-state index contributed by atoms with van der Waals surface area (Å²) in [7, 11) is 3.25. The first kappa shape index (κ1) is 31.9. The van der Waals surface area contributed by atoms with Crippen molar-refractivity contribution < 1.29 is 38.1 Å². The van der Waals surface area contributed by atoms with E-state index in [9.17, 15) is 19.2 Å². The number of hydrogen-bond donors (Lipinski definition) is 1. The van der Waals surface area contributed by atoms with E-state index < -0.39 is 35.3 Å². The molecular formula is C24H38N6O8. The molecule has 212 valence electrons. The maximum Gasteiger partial charge on any atom is 0.425 e. The van der Waals surface area contributed by atoms with Crippen LogP contribution in [0.25, 0.3) is 0 Å². The maximum absolute atomic E-state index is 12.7. The fourth-order valence-corrected chi connectivity index (χ4v) is 2.69. The molecule has 2 aromatic heterocycles. The Bertz CT molecular complexity index is 1110. The minimum Gasteiger partial charge on any atom is -0.461 e. The number of amides is 2. The number of anilines is 2. The molecule has 14 nitrogen and oxygen atoms in total. The molecule has 38 heavy (non-hydrogen) atoms. The predicted molar refractivity (Wildman–Crippen MR) is 138 cm³/mol. The maximum atomic E-state index is 12.7. The summed E-state index contributed by atoms with van der Waals surface area (Å²) >= 11 is 0. The Labute approximate surface area is 222 Å². The van der Waals surface area contributed by atoms with Crippen LogP contribution < -0.4 is 10.6 Å². The zero-order valence-electron chi connectivity index (χ0n) is 23.6. The van der Waals surface area contributed by atoms with Gasteiger partial charge in [0, 0.05) is 14.1 Å². The number of rotatable bonds is 5. The van der Waals surface area contributed by atoms with E-state index in [0.29, 0.717) is 17.3 Å². The van der Waals surface area contributed by atoms with Gasteiger partial charge in [0.1, 0.15) is 17.0 Å². The van der Waals surface area contributed by atoms with E-state index in [-0.39, 0.29) is 23.8 Å². The zero-order valence-corrected chi connectivity index (χ0v) is 23.6. The third-order valence-electron chi connectivity index (χ3n) is 4.19. The van der Waals surface area contributed by atoms with Crippen LogP contribution in [0, 0.1) is 0 Å². The second-order valence-electron chi connectivity index (χ2n) is 9.85. The lowest BCUT2D eigenvalue weighted by atomic mass is 10.2. The summed E-state index contributed by atoms with van der Waals surface area (Å²) in [6.45, 7) is 13.8. The summed E-state index contributed by atoms with van der Waals surface area (Å²) < 4.78 is 23.2. The summed E-state index contributed by atoms with van der Waals surface area (Å²) in [5.41, 5.74) is 3.80. The average molecular weight is 539 g/mol. The average Bonchev–Trinajstić information content (AvgIpc) is 3.29. The van der Waals surface area contributed by atoms with Gasteiger partial charge in [0.25, 0.3) is 0 Å². The Kier molecular flexibility index (Phi) is 10.9. The first-order valence-corrected chi connectivity index (χ1v) is 11.8. The van der Waals surface area contributed by atoms with Gasteiger partial charge in [0.2, 0.25) is 0 Å². The van der Waals surface area contributed by atoms with Crippen molar-refractivity contribution in [3.63, 3.8) is 0 Å². The first-order chi connectivity index (χ1) is 17.4. The van der Waals surface area contributed by atoms with Gasteiger partial charge in [-0.3, -0.25) is 0 Å². The van der Waals surface area contributed by atoms with Crippen molar-refractivity contribution in [2.24, 2.45) is 14.1 Å². The second-order valence-corrected chi connectivity index (χ2v) is 9.85. The van der Waals surface area contributed by atoms with Gasteiger partial charge in [-0.05, 0) is 55.4 Å². The molecule has 2 rings (SSSR count). The number of imide groups is 1. The number of aromatic nitrogens is 4. The van der Waals surface area contributed by atoms with Crippen LogP contribution in [0.1, 0.15) is 76.4 Å². The van der Waals surface area contributed by atoms with Crippen LogP contribution >= 0.6 is 0 Å². The molecule has 2 amide bonds. The number of carbonyl (C=O) groups excluding carboxylic acids is 4. The summed E-state index contributed by atoms with van der Waals surface area (Å²) in [6.07, 6.45) is 0.798. The molecule has 0 saturated heterocycles. The summed E-state index contributed by atoms with van der Waals surface area (Å²) in [5.74, 6) is -1.00. The van der Waals surface area contributed by atoms with Crippen LogP contribution in [0.2, 0.25) is 0 Å². The van der Waals surface area contributed by atoms with Crippen molar-refractivity contribution in [1.82, 2.24) is 19.1 Å². The minimum absolute atomic E-state index is 0.0908. The molecule has 0 unspecified atom stereocenters. The number of ether oxygens (including phenoxy) is 4. The largest absolute Gasteiger partial charge is 0.461 e. The number of aryl methyl sites for hydroxylation is 2. The molecular weight excluding hydrogens is 500 g/mol. The quantitative estimate of drug-likeness (QED) is 0.437. The number of nitrogens with two attached hydrogens (primary N) is 1. The van der Waals surface area contributed by atoms with E-state index in [2.05, 4.69) is 9.97 Å². The Morgan fingerprint density at radius 1 is 0.789 bits per heavy atom. The topological polar surface area (TPSA) is 170 Å². The van der Waals surface area contributed by atoms with E-state index in [1.807, 2.05) is 0 Å². The summed E-state index contributed by atoms with van der Waals surface area (Å²) in [6, 6.07) is 0. The molecule has 2 aromatic rings. The number of carbonyl (C=O) groups is 4. The van der Waals surface area contributed by atoms with Crippen LogP contribution in [0.3, 0.4) is 0 Å². The van der Waals surface area contributed by atoms with E-state index in [1.54, 1.807) is 67.0 Å². The predicted octanol–water partition coefficient (Wildman–Crippen LogP) is 3.45. The smallest absolute Gasteiger partial charge is 0.425 e. The number of nitrogen functional groups attached to an aromatic ring is 1. The molecule has 0 aromatic carbocycles. The molecule has 0 aliphatic rings. The van der Waals surface area contributed by atoms with Crippen molar-refractivity contribution in [3.05, 3.63) is 24.0 Å². The number of imidazole rings is 2. The van der Waals surface area contributed by atoms with Crippen molar-refractivity contribution in [1.29, 1.82) is 0 Å². The van der Waals surface area contributed by atoms with Gasteiger partial charge in [0.05, 0.1) is 25.9 Å². The monoisotopic (exact) mass is 538 g/mol. The number of hydrogen-bond acceptors (Lipinski definition) is 11. The molecule has 0 aliphatic heterocycles. The van der Waals surface area contributed by atoms with Crippen molar-refractivity contribution >= 4 is 35.8 Å². The SMILES string of the molecule is CCOC(=O)c1ncn(C)c1N.CCOC(=O)c1ncn(C)c1N(C(=O)OC(C)(C)C)C(=O)OC(C)(C)C. The van der Waals surface area contributed by atoms with Crippen molar-refractivity contribution in [2.75, 3.05) is 23.8 Å². The van der Waals surface area contributed by atoms with Gasteiger partial charge in [-0.25, -0.2) is 29.1 Å². The highest BCUT2D eigenvalue weighted by molar-refractivity contribution is 6.12. The molecule has 2 N–H and O–H groups in total.